The summed E-state index contributed by atoms with van der Waals surface area (Å²) < 4.78 is 4.92. The molecule has 0 fully saturated rings. The average Bonchev–Trinajstić information content (AvgIpc) is 2.35. The van der Waals surface area contributed by atoms with E-state index < -0.39 is 12.1 Å². The predicted octanol–water partition coefficient (Wildman–Crippen LogP) is 0.965. The van der Waals surface area contributed by atoms with E-state index in [9.17, 15) is 9.59 Å². The van der Waals surface area contributed by atoms with Gasteiger partial charge in [-0.25, -0.2) is 4.79 Å². The lowest BCUT2D eigenvalue weighted by atomic mass is 10.1. The van der Waals surface area contributed by atoms with Crippen molar-refractivity contribution in [3.63, 3.8) is 0 Å². The third kappa shape index (κ3) is 2.78. The van der Waals surface area contributed by atoms with E-state index in [0.29, 0.717) is 5.69 Å². The Morgan fingerprint density at radius 2 is 2.06 bits per heavy atom. The molecule has 0 saturated carbocycles. The minimum absolute atomic E-state index is 0.0193. The van der Waals surface area contributed by atoms with Crippen LogP contribution in [0.3, 0.4) is 0 Å². The number of methoxy groups -OCH3 is 1. The molecule has 0 radical (unpaired) electrons. The maximum absolute atomic E-state index is 11.9. The van der Waals surface area contributed by atoms with Crippen LogP contribution in [-0.4, -0.2) is 37.2 Å². The van der Waals surface area contributed by atoms with Gasteiger partial charge in [0.05, 0.1) is 11.3 Å². The zero-order valence-corrected chi connectivity index (χ0v) is 10.5. The van der Waals surface area contributed by atoms with E-state index in [-0.39, 0.29) is 17.2 Å². The van der Waals surface area contributed by atoms with Gasteiger partial charge in [-0.15, -0.1) is 0 Å². The molecule has 0 bridgehead atoms. The standard InChI is InChI=1S/C12H16N2O4/c1-7(18-3)11(15)14(2)10-5-4-8(13)6-9(10)12(16)17/h4-7H,13H2,1-3H3,(H,16,17). The Labute approximate surface area is 105 Å². The second kappa shape index (κ2) is 5.50. The van der Waals surface area contributed by atoms with Gasteiger partial charge in [0, 0.05) is 19.8 Å². The summed E-state index contributed by atoms with van der Waals surface area (Å²) in [5.74, 6) is -1.47. The molecular weight excluding hydrogens is 236 g/mol. The van der Waals surface area contributed by atoms with E-state index in [2.05, 4.69) is 0 Å². The lowest BCUT2D eigenvalue weighted by Gasteiger charge is -2.22. The molecule has 0 aliphatic carbocycles. The Bertz CT molecular complexity index is 473. The third-order valence-electron chi connectivity index (χ3n) is 2.64. The van der Waals surface area contributed by atoms with E-state index in [1.165, 1.54) is 31.2 Å². The summed E-state index contributed by atoms with van der Waals surface area (Å²) >= 11 is 0. The predicted molar refractivity (Wildman–Crippen MR) is 67.7 cm³/mol. The van der Waals surface area contributed by atoms with Crippen LogP contribution in [0.4, 0.5) is 11.4 Å². The number of nitrogen functional groups attached to an aromatic ring is 1. The summed E-state index contributed by atoms with van der Waals surface area (Å²) in [6, 6.07) is 4.36. The third-order valence-corrected chi connectivity index (χ3v) is 2.64. The van der Waals surface area contributed by atoms with Crippen molar-refractivity contribution >= 4 is 23.3 Å². The summed E-state index contributed by atoms with van der Waals surface area (Å²) in [4.78, 5) is 24.3. The fraction of sp³-hybridized carbons (Fsp3) is 0.333. The fourth-order valence-electron chi connectivity index (χ4n) is 1.51. The summed E-state index contributed by atoms with van der Waals surface area (Å²) in [5.41, 5.74) is 6.13. The smallest absolute Gasteiger partial charge is 0.337 e. The molecule has 18 heavy (non-hydrogen) atoms. The van der Waals surface area contributed by atoms with Crippen molar-refractivity contribution in [3.05, 3.63) is 23.8 Å². The van der Waals surface area contributed by atoms with Gasteiger partial charge in [0.1, 0.15) is 6.10 Å². The number of hydrogen-bond acceptors (Lipinski definition) is 4. The van der Waals surface area contributed by atoms with Crippen LogP contribution in [0.5, 0.6) is 0 Å². The first-order valence-corrected chi connectivity index (χ1v) is 5.31. The first kappa shape index (κ1) is 14.0. The van der Waals surface area contributed by atoms with Crippen molar-refractivity contribution in [1.29, 1.82) is 0 Å². The summed E-state index contributed by atoms with van der Waals surface area (Å²) in [6.07, 6.45) is -0.644. The van der Waals surface area contributed by atoms with Crippen LogP contribution in [0.1, 0.15) is 17.3 Å². The Morgan fingerprint density at radius 3 is 2.56 bits per heavy atom. The molecular formula is C12H16N2O4. The Kier molecular flexibility index (Phi) is 4.28. The molecule has 6 nitrogen and oxygen atoms in total. The number of amides is 1. The lowest BCUT2D eigenvalue weighted by molar-refractivity contribution is -0.127. The molecule has 6 heteroatoms. The minimum atomic E-state index is -1.14. The zero-order chi connectivity index (χ0) is 13.9. The molecule has 1 aromatic carbocycles. The second-order valence-electron chi connectivity index (χ2n) is 3.86. The number of nitrogens with two attached hydrogens (primary N) is 1. The number of ether oxygens (including phenoxy) is 1. The summed E-state index contributed by atoms with van der Waals surface area (Å²) in [6.45, 7) is 1.59. The number of hydrogen-bond donors (Lipinski definition) is 2. The number of benzene rings is 1. The Morgan fingerprint density at radius 1 is 1.44 bits per heavy atom. The lowest BCUT2D eigenvalue weighted by Crippen LogP contribution is -2.36. The van der Waals surface area contributed by atoms with Crippen molar-refractivity contribution in [2.75, 3.05) is 24.8 Å². The monoisotopic (exact) mass is 252 g/mol. The van der Waals surface area contributed by atoms with Gasteiger partial charge in [-0.2, -0.15) is 0 Å². The molecule has 0 aromatic heterocycles. The fourth-order valence-corrected chi connectivity index (χ4v) is 1.51. The molecule has 0 heterocycles. The molecule has 1 atom stereocenters. The van der Waals surface area contributed by atoms with Gasteiger partial charge in [-0.3, -0.25) is 4.79 Å². The van der Waals surface area contributed by atoms with Gasteiger partial charge < -0.3 is 20.5 Å². The SMILES string of the molecule is COC(C)C(=O)N(C)c1ccc(N)cc1C(=O)O. The van der Waals surface area contributed by atoms with E-state index in [1.807, 2.05) is 0 Å². The molecule has 1 amide bonds. The highest BCUT2D eigenvalue weighted by Gasteiger charge is 2.22. The number of nitrogens with zero attached hydrogens (tertiary/aromatic N) is 1. The highest BCUT2D eigenvalue weighted by Crippen LogP contribution is 2.23. The van der Waals surface area contributed by atoms with Gasteiger partial charge in [-0.1, -0.05) is 0 Å². The highest BCUT2D eigenvalue weighted by atomic mass is 16.5. The highest BCUT2D eigenvalue weighted by molar-refractivity contribution is 6.03. The molecule has 1 aromatic rings. The molecule has 0 aliphatic heterocycles. The van der Waals surface area contributed by atoms with Crippen LogP contribution in [0.15, 0.2) is 18.2 Å². The molecule has 1 rings (SSSR count). The topological polar surface area (TPSA) is 92.9 Å². The summed E-state index contributed by atoms with van der Waals surface area (Å²) in [7, 11) is 2.91. The van der Waals surface area contributed by atoms with Crippen LogP contribution >= 0.6 is 0 Å². The van der Waals surface area contributed by atoms with E-state index >= 15 is 0 Å². The number of carbonyl (C=O) groups is 2. The van der Waals surface area contributed by atoms with E-state index in [1.54, 1.807) is 13.0 Å². The molecule has 3 N–H and O–H groups in total. The van der Waals surface area contributed by atoms with Crippen LogP contribution in [0, 0.1) is 0 Å². The summed E-state index contributed by atoms with van der Waals surface area (Å²) in [5, 5.41) is 9.09. The Hall–Kier alpha value is -2.08. The Balaban J connectivity index is 3.16. The number of aromatic carboxylic acids is 1. The van der Waals surface area contributed by atoms with Crippen molar-refractivity contribution in [1.82, 2.24) is 0 Å². The average molecular weight is 252 g/mol. The minimum Gasteiger partial charge on any atom is -0.478 e. The number of carboxylic acid groups (broad SMARTS) is 1. The van der Waals surface area contributed by atoms with Gasteiger partial charge in [-0.05, 0) is 25.1 Å². The van der Waals surface area contributed by atoms with Crippen molar-refractivity contribution in [3.8, 4) is 0 Å². The van der Waals surface area contributed by atoms with Crippen LogP contribution in [0.25, 0.3) is 0 Å². The van der Waals surface area contributed by atoms with Crippen molar-refractivity contribution < 1.29 is 19.4 Å². The first-order chi connectivity index (χ1) is 8.38. The second-order valence-corrected chi connectivity index (χ2v) is 3.86. The first-order valence-electron chi connectivity index (χ1n) is 5.31. The van der Waals surface area contributed by atoms with Crippen LogP contribution in [-0.2, 0) is 9.53 Å². The van der Waals surface area contributed by atoms with E-state index in [4.69, 9.17) is 15.6 Å². The normalized spacial score (nSPS) is 11.9. The van der Waals surface area contributed by atoms with E-state index in [0.717, 1.165) is 0 Å². The largest absolute Gasteiger partial charge is 0.478 e. The maximum atomic E-state index is 11.9. The molecule has 0 aliphatic rings. The zero-order valence-electron chi connectivity index (χ0n) is 10.5. The van der Waals surface area contributed by atoms with Gasteiger partial charge >= 0.3 is 5.97 Å². The molecule has 0 saturated heterocycles. The van der Waals surface area contributed by atoms with Gasteiger partial charge in [0.2, 0.25) is 0 Å². The number of carboxylic acids is 1. The molecule has 1 unspecified atom stereocenters. The van der Waals surface area contributed by atoms with Crippen molar-refractivity contribution in [2.45, 2.75) is 13.0 Å². The van der Waals surface area contributed by atoms with Crippen LogP contribution < -0.4 is 10.6 Å². The van der Waals surface area contributed by atoms with Gasteiger partial charge in [0.15, 0.2) is 0 Å². The van der Waals surface area contributed by atoms with Gasteiger partial charge in [0.25, 0.3) is 5.91 Å². The maximum Gasteiger partial charge on any atom is 0.337 e. The number of carbonyl (C=O) groups excluding carboxylic acids is 1. The quantitative estimate of drug-likeness (QED) is 0.779. The molecule has 98 valence electrons. The molecule has 0 spiro atoms. The van der Waals surface area contributed by atoms with Crippen molar-refractivity contribution in [2.24, 2.45) is 0 Å². The number of anilines is 2. The number of rotatable bonds is 4. The number of likely N-dealkylation sites (N-methyl/N-ethyl adjacent to an activating group) is 1. The van der Waals surface area contributed by atoms with Crippen LogP contribution in [0.2, 0.25) is 0 Å².